The van der Waals surface area contributed by atoms with E-state index < -0.39 is 5.91 Å². The summed E-state index contributed by atoms with van der Waals surface area (Å²) in [5.74, 6) is 1.82. The van der Waals surface area contributed by atoms with Crippen LogP contribution in [0.15, 0.2) is 6.07 Å². The van der Waals surface area contributed by atoms with Crippen LogP contribution in [-0.4, -0.2) is 30.5 Å². The fourth-order valence-corrected chi connectivity index (χ4v) is 3.41. The van der Waals surface area contributed by atoms with Crippen LogP contribution in [-0.2, 0) is 0 Å². The first-order valence-corrected chi connectivity index (χ1v) is 6.67. The molecule has 1 saturated heterocycles. The van der Waals surface area contributed by atoms with Crippen molar-refractivity contribution in [3.8, 4) is 0 Å². The number of nitrogen functional groups attached to an aromatic ring is 1. The van der Waals surface area contributed by atoms with Gasteiger partial charge in [0.2, 0.25) is 0 Å². The van der Waals surface area contributed by atoms with E-state index in [1.54, 1.807) is 0 Å². The van der Waals surface area contributed by atoms with Gasteiger partial charge in [0, 0.05) is 24.6 Å². The largest absolute Gasteiger partial charge is 0.397 e. The normalized spacial score (nSPS) is 16.7. The van der Waals surface area contributed by atoms with E-state index in [-0.39, 0.29) is 0 Å². The Morgan fingerprint density at radius 3 is 2.60 bits per heavy atom. The van der Waals surface area contributed by atoms with Crippen molar-refractivity contribution < 1.29 is 4.79 Å². The van der Waals surface area contributed by atoms with Crippen LogP contribution >= 0.6 is 23.1 Å². The molecule has 1 aliphatic heterocycles. The molecule has 2 rings (SSSR count). The Kier molecular flexibility index (Phi) is 3.06. The van der Waals surface area contributed by atoms with E-state index >= 15 is 0 Å². The molecule has 4 nitrogen and oxygen atoms in total. The van der Waals surface area contributed by atoms with E-state index in [1.165, 1.54) is 11.3 Å². The third-order valence-electron chi connectivity index (χ3n) is 2.29. The lowest BCUT2D eigenvalue weighted by Crippen LogP contribution is -2.31. The maximum Gasteiger partial charge on any atom is 0.260 e. The van der Waals surface area contributed by atoms with Gasteiger partial charge in [-0.2, -0.15) is 11.8 Å². The molecule has 1 aromatic rings. The molecule has 0 aliphatic carbocycles. The van der Waals surface area contributed by atoms with E-state index in [2.05, 4.69) is 4.90 Å². The van der Waals surface area contributed by atoms with Crippen LogP contribution in [0.25, 0.3) is 0 Å². The highest BCUT2D eigenvalue weighted by Crippen LogP contribution is 2.32. The summed E-state index contributed by atoms with van der Waals surface area (Å²) in [5.41, 5.74) is 11.5. The molecule has 0 radical (unpaired) electrons. The van der Waals surface area contributed by atoms with Crippen LogP contribution < -0.4 is 16.4 Å². The summed E-state index contributed by atoms with van der Waals surface area (Å²) in [6, 6.07) is 1.85. The van der Waals surface area contributed by atoms with E-state index in [1.807, 2.05) is 17.8 Å². The molecule has 0 spiro atoms. The number of amides is 1. The minimum absolute atomic E-state index is 0.435. The summed E-state index contributed by atoms with van der Waals surface area (Å²) in [6.45, 7) is 2.03. The van der Waals surface area contributed by atoms with Crippen molar-refractivity contribution in [2.75, 3.05) is 35.2 Å². The second-order valence-electron chi connectivity index (χ2n) is 3.33. The van der Waals surface area contributed by atoms with E-state index in [0.29, 0.717) is 10.6 Å². The number of nitrogens with zero attached hydrogens (tertiary/aromatic N) is 1. The highest BCUT2D eigenvalue weighted by Gasteiger charge is 2.17. The quantitative estimate of drug-likeness (QED) is 0.812. The predicted octanol–water partition coefficient (Wildman–Crippen LogP) is 0.982. The summed E-state index contributed by atoms with van der Waals surface area (Å²) >= 11 is 3.34. The maximum absolute atomic E-state index is 11.0. The van der Waals surface area contributed by atoms with Crippen LogP contribution in [0.2, 0.25) is 0 Å². The molecule has 4 N–H and O–H groups in total. The second kappa shape index (κ2) is 4.32. The average Bonchev–Trinajstić information content (AvgIpc) is 2.62. The van der Waals surface area contributed by atoms with Gasteiger partial charge in [-0.15, -0.1) is 11.3 Å². The number of rotatable bonds is 2. The second-order valence-corrected chi connectivity index (χ2v) is 5.59. The van der Waals surface area contributed by atoms with Gasteiger partial charge in [0.1, 0.15) is 4.88 Å². The van der Waals surface area contributed by atoms with Gasteiger partial charge < -0.3 is 16.4 Å². The zero-order valence-electron chi connectivity index (χ0n) is 8.23. The van der Waals surface area contributed by atoms with Crippen molar-refractivity contribution in [1.29, 1.82) is 0 Å². The minimum Gasteiger partial charge on any atom is -0.397 e. The van der Waals surface area contributed by atoms with Crippen LogP contribution in [0.1, 0.15) is 9.67 Å². The van der Waals surface area contributed by atoms with Crippen molar-refractivity contribution in [2.45, 2.75) is 0 Å². The fraction of sp³-hybridized carbons (Fsp3) is 0.444. The monoisotopic (exact) mass is 243 g/mol. The molecule has 15 heavy (non-hydrogen) atoms. The Morgan fingerprint density at radius 1 is 1.40 bits per heavy atom. The first kappa shape index (κ1) is 10.6. The van der Waals surface area contributed by atoms with Crippen molar-refractivity contribution in [2.24, 2.45) is 5.73 Å². The molecule has 1 fully saturated rings. The zero-order chi connectivity index (χ0) is 10.8. The highest BCUT2D eigenvalue weighted by molar-refractivity contribution is 7.99. The molecule has 1 aliphatic rings. The molecule has 1 aromatic heterocycles. The molecular weight excluding hydrogens is 230 g/mol. The number of nitrogens with two attached hydrogens (primary N) is 2. The first-order valence-electron chi connectivity index (χ1n) is 4.70. The van der Waals surface area contributed by atoms with E-state index in [4.69, 9.17) is 11.5 Å². The Labute approximate surface area is 96.6 Å². The fourth-order valence-electron chi connectivity index (χ4n) is 1.52. The number of thiophene rings is 1. The molecular formula is C9H13N3OS2. The van der Waals surface area contributed by atoms with Crippen LogP contribution in [0.4, 0.5) is 10.7 Å². The van der Waals surface area contributed by atoms with Crippen LogP contribution in [0.3, 0.4) is 0 Å². The molecule has 0 atom stereocenters. The number of carbonyl (C=O) groups excluding carboxylic acids is 1. The van der Waals surface area contributed by atoms with Crippen molar-refractivity contribution >= 4 is 39.7 Å². The molecule has 0 aromatic carbocycles. The Balaban J connectivity index is 2.21. The van der Waals surface area contributed by atoms with Gasteiger partial charge in [-0.1, -0.05) is 0 Å². The Morgan fingerprint density at radius 2 is 2.07 bits per heavy atom. The van der Waals surface area contributed by atoms with Gasteiger partial charge in [0.15, 0.2) is 0 Å². The summed E-state index contributed by atoms with van der Waals surface area (Å²) < 4.78 is 0. The number of anilines is 2. The SMILES string of the molecule is NC(=O)c1sc(N2CCSCC2)cc1N. The number of primary amides is 1. The van der Waals surface area contributed by atoms with Crippen molar-refractivity contribution in [3.05, 3.63) is 10.9 Å². The molecule has 2 heterocycles. The standard InChI is InChI=1S/C9H13N3OS2/c10-6-5-7(15-8(6)9(11)13)12-1-3-14-4-2-12/h5H,1-4,10H2,(H2,11,13). The smallest absolute Gasteiger partial charge is 0.260 e. The van der Waals surface area contributed by atoms with Crippen molar-refractivity contribution in [1.82, 2.24) is 0 Å². The van der Waals surface area contributed by atoms with Gasteiger partial charge in [0.05, 0.1) is 10.7 Å². The van der Waals surface area contributed by atoms with Gasteiger partial charge >= 0.3 is 0 Å². The average molecular weight is 243 g/mol. The van der Waals surface area contributed by atoms with Crippen LogP contribution in [0.5, 0.6) is 0 Å². The van der Waals surface area contributed by atoms with Crippen LogP contribution in [0, 0.1) is 0 Å². The summed E-state index contributed by atoms with van der Waals surface area (Å²) in [4.78, 5) is 13.8. The lowest BCUT2D eigenvalue weighted by atomic mass is 10.3. The maximum atomic E-state index is 11.0. The zero-order valence-corrected chi connectivity index (χ0v) is 9.87. The number of carbonyl (C=O) groups is 1. The molecule has 1 amide bonds. The minimum atomic E-state index is -0.435. The molecule has 82 valence electrons. The number of hydrogen-bond donors (Lipinski definition) is 2. The van der Waals surface area contributed by atoms with Gasteiger partial charge in [-0.25, -0.2) is 0 Å². The molecule has 6 heteroatoms. The Hall–Kier alpha value is -0.880. The predicted molar refractivity (Wildman–Crippen MR) is 66.8 cm³/mol. The molecule has 0 bridgehead atoms. The lowest BCUT2D eigenvalue weighted by Gasteiger charge is -2.26. The molecule has 0 saturated carbocycles. The van der Waals surface area contributed by atoms with Crippen molar-refractivity contribution in [3.63, 3.8) is 0 Å². The van der Waals surface area contributed by atoms with Gasteiger partial charge in [-0.05, 0) is 6.07 Å². The lowest BCUT2D eigenvalue weighted by molar-refractivity contribution is 0.100. The topological polar surface area (TPSA) is 72.4 Å². The number of hydrogen-bond acceptors (Lipinski definition) is 5. The molecule has 0 unspecified atom stereocenters. The highest BCUT2D eigenvalue weighted by atomic mass is 32.2. The number of thioether (sulfide) groups is 1. The summed E-state index contributed by atoms with van der Waals surface area (Å²) in [6.07, 6.45) is 0. The third kappa shape index (κ3) is 2.21. The van der Waals surface area contributed by atoms with E-state index in [0.717, 1.165) is 29.6 Å². The summed E-state index contributed by atoms with van der Waals surface area (Å²) in [7, 11) is 0. The first-order chi connectivity index (χ1) is 7.18. The van der Waals surface area contributed by atoms with Gasteiger partial charge in [0.25, 0.3) is 5.91 Å². The Bertz CT molecular complexity index is 371. The third-order valence-corrected chi connectivity index (χ3v) is 4.46. The van der Waals surface area contributed by atoms with Gasteiger partial charge in [-0.3, -0.25) is 4.79 Å². The summed E-state index contributed by atoms with van der Waals surface area (Å²) in [5, 5.41) is 1.06. The van der Waals surface area contributed by atoms with E-state index in [9.17, 15) is 4.79 Å².